The van der Waals surface area contributed by atoms with E-state index in [1.54, 1.807) is 31.2 Å². The quantitative estimate of drug-likeness (QED) is 0.705. The number of nitrogens with zero attached hydrogens (tertiary/aromatic N) is 1. The van der Waals surface area contributed by atoms with Gasteiger partial charge < -0.3 is 14.8 Å². The maximum Gasteiger partial charge on any atom is 0.387 e. The lowest BCUT2D eigenvalue weighted by Crippen LogP contribution is -2.41. The van der Waals surface area contributed by atoms with Crippen LogP contribution >= 0.6 is 11.6 Å². The van der Waals surface area contributed by atoms with Gasteiger partial charge in [-0.05, 0) is 42.8 Å². The third kappa shape index (κ3) is 4.17. The molecule has 1 heterocycles. The molecule has 2 aromatic rings. The van der Waals surface area contributed by atoms with Gasteiger partial charge in [-0.25, -0.2) is 4.79 Å². The molecule has 0 bridgehead atoms. The summed E-state index contributed by atoms with van der Waals surface area (Å²) in [7, 11) is 0. The second kappa shape index (κ2) is 8.02. The van der Waals surface area contributed by atoms with E-state index in [0.717, 1.165) is 4.90 Å². The molecule has 1 aliphatic heterocycles. The number of carbonyl (C=O) groups excluding carboxylic acids is 2. The van der Waals surface area contributed by atoms with Crippen molar-refractivity contribution in [1.29, 1.82) is 0 Å². The van der Waals surface area contributed by atoms with Crippen molar-refractivity contribution < 1.29 is 27.8 Å². The molecule has 0 aliphatic carbocycles. The fraction of sp³-hybridized carbons (Fsp3) is 0.263. The van der Waals surface area contributed by atoms with Gasteiger partial charge in [0.05, 0.1) is 6.54 Å². The van der Waals surface area contributed by atoms with Crippen molar-refractivity contribution >= 4 is 23.5 Å². The number of imide groups is 1. The number of carbonyl (C=O) groups is 2. The van der Waals surface area contributed by atoms with E-state index >= 15 is 0 Å². The van der Waals surface area contributed by atoms with Gasteiger partial charge in [-0.2, -0.15) is 8.78 Å². The van der Waals surface area contributed by atoms with Crippen LogP contribution in [0, 0.1) is 0 Å². The van der Waals surface area contributed by atoms with Gasteiger partial charge in [0, 0.05) is 5.02 Å². The Kier molecular flexibility index (Phi) is 5.69. The summed E-state index contributed by atoms with van der Waals surface area (Å²) in [4.78, 5) is 26.1. The average Bonchev–Trinajstić information content (AvgIpc) is 2.86. The van der Waals surface area contributed by atoms with Crippen molar-refractivity contribution in [2.45, 2.75) is 19.1 Å². The number of benzene rings is 2. The van der Waals surface area contributed by atoms with Crippen LogP contribution in [0.2, 0.25) is 5.02 Å². The predicted octanol–water partition coefficient (Wildman–Crippen LogP) is 3.79. The minimum Gasteiger partial charge on any atom is -0.492 e. The maximum atomic E-state index is 12.8. The number of halogens is 3. The van der Waals surface area contributed by atoms with Gasteiger partial charge in [0.15, 0.2) is 0 Å². The van der Waals surface area contributed by atoms with Gasteiger partial charge in [-0.3, -0.25) is 9.69 Å². The van der Waals surface area contributed by atoms with E-state index in [9.17, 15) is 18.4 Å². The second-order valence-electron chi connectivity index (χ2n) is 6.22. The number of hydrogen-bond donors (Lipinski definition) is 1. The van der Waals surface area contributed by atoms with E-state index in [1.165, 1.54) is 24.3 Å². The van der Waals surface area contributed by atoms with E-state index < -0.39 is 24.1 Å². The topological polar surface area (TPSA) is 67.9 Å². The molecule has 0 radical (unpaired) electrons. The molecule has 3 rings (SSSR count). The highest BCUT2D eigenvalue weighted by molar-refractivity contribution is 6.30. The molecule has 2 aromatic carbocycles. The molecular formula is C19H17ClF2N2O4. The first kappa shape index (κ1) is 19.9. The number of urea groups is 1. The van der Waals surface area contributed by atoms with E-state index in [-0.39, 0.29) is 18.9 Å². The molecule has 0 unspecified atom stereocenters. The molecule has 0 saturated carbocycles. The highest BCUT2D eigenvalue weighted by Crippen LogP contribution is 2.30. The largest absolute Gasteiger partial charge is 0.492 e. The van der Waals surface area contributed by atoms with Gasteiger partial charge in [0.25, 0.3) is 5.91 Å². The van der Waals surface area contributed by atoms with E-state index in [4.69, 9.17) is 16.3 Å². The Bertz CT molecular complexity index is 878. The Morgan fingerprint density at radius 1 is 1.14 bits per heavy atom. The SMILES string of the molecule is C[C@]1(c2ccc(OC(F)F)cc2)NC(=O)N(CCOc2cccc(Cl)c2)C1=O. The zero-order valence-corrected chi connectivity index (χ0v) is 15.6. The van der Waals surface area contributed by atoms with E-state index in [0.29, 0.717) is 16.3 Å². The van der Waals surface area contributed by atoms with Crippen LogP contribution in [0.15, 0.2) is 48.5 Å². The fourth-order valence-electron chi connectivity index (χ4n) is 2.88. The van der Waals surface area contributed by atoms with Crippen molar-refractivity contribution in [3.05, 3.63) is 59.1 Å². The molecule has 0 spiro atoms. The number of alkyl halides is 2. The van der Waals surface area contributed by atoms with Crippen LogP contribution in [0.3, 0.4) is 0 Å². The zero-order valence-electron chi connectivity index (χ0n) is 14.8. The molecule has 148 valence electrons. The molecule has 6 nitrogen and oxygen atoms in total. The Balaban J connectivity index is 1.66. The molecule has 1 aliphatic rings. The highest BCUT2D eigenvalue weighted by Gasteiger charge is 2.48. The van der Waals surface area contributed by atoms with E-state index in [2.05, 4.69) is 10.1 Å². The number of nitrogens with one attached hydrogen (secondary N) is 1. The molecular weight excluding hydrogens is 394 g/mol. The Hall–Kier alpha value is -2.87. The molecule has 0 aromatic heterocycles. The molecule has 1 fully saturated rings. The molecule has 3 amide bonds. The standard InChI is InChI=1S/C19H17ClF2N2O4/c1-19(12-5-7-14(8-6-12)28-17(21)22)16(25)24(18(26)23-19)9-10-27-15-4-2-3-13(20)11-15/h2-8,11,17H,9-10H2,1H3,(H,23,26)/t19-/m1/s1. The summed E-state index contributed by atoms with van der Waals surface area (Å²) >= 11 is 5.88. The van der Waals surface area contributed by atoms with Crippen molar-refractivity contribution in [2.24, 2.45) is 0 Å². The zero-order chi connectivity index (χ0) is 20.3. The predicted molar refractivity (Wildman–Crippen MR) is 97.6 cm³/mol. The van der Waals surface area contributed by atoms with Crippen LogP contribution in [-0.2, 0) is 10.3 Å². The lowest BCUT2D eigenvalue weighted by atomic mass is 9.92. The van der Waals surface area contributed by atoms with E-state index in [1.807, 2.05) is 0 Å². The van der Waals surface area contributed by atoms with Crippen LogP contribution in [-0.4, -0.2) is 36.6 Å². The lowest BCUT2D eigenvalue weighted by Gasteiger charge is -2.22. The van der Waals surface area contributed by atoms with Gasteiger partial charge in [-0.1, -0.05) is 29.8 Å². The van der Waals surface area contributed by atoms with Crippen molar-refractivity contribution in [3.8, 4) is 11.5 Å². The third-order valence-electron chi connectivity index (χ3n) is 4.31. The number of ether oxygens (including phenoxy) is 2. The third-order valence-corrected chi connectivity index (χ3v) is 4.55. The van der Waals surface area contributed by atoms with Crippen LogP contribution in [0.25, 0.3) is 0 Å². The summed E-state index contributed by atoms with van der Waals surface area (Å²) in [6, 6.07) is 11.8. The molecule has 28 heavy (non-hydrogen) atoms. The summed E-state index contributed by atoms with van der Waals surface area (Å²) in [5.74, 6) is 0.0255. The Morgan fingerprint density at radius 2 is 1.86 bits per heavy atom. The summed E-state index contributed by atoms with van der Waals surface area (Å²) in [5, 5.41) is 3.15. The monoisotopic (exact) mass is 410 g/mol. The summed E-state index contributed by atoms with van der Waals surface area (Å²) in [5.41, 5.74) is -0.859. The first-order valence-corrected chi connectivity index (χ1v) is 8.75. The number of rotatable bonds is 7. The van der Waals surface area contributed by atoms with Gasteiger partial charge in [0.1, 0.15) is 23.6 Å². The van der Waals surface area contributed by atoms with Gasteiger partial charge in [-0.15, -0.1) is 0 Å². The first-order valence-electron chi connectivity index (χ1n) is 8.37. The summed E-state index contributed by atoms with van der Waals surface area (Å²) in [6.45, 7) is -1.26. The van der Waals surface area contributed by atoms with Crippen molar-refractivity contribution in [2.75, 3.05) is 13.2 Å². The minimum absolute atomic E-state index is 0.0362. The first-order chi connectivity index (χ1) is 13.3. The molecule has 1 saturated heterocycles. The van der Waals surface area contributed by atoms with Crippen molar-refractivity contribution in [3.63, 3.8) is 0 Å². The average molecular weight is 411 g/mol. The van der Waals surface area contributed by atoms with Crippen LogP contribution in [0.4, 0.5) is 13.6 Å². The van der Waals surface area contributed by atoms with Gasteiger partial charge in [0.2, 0.25) is 0 Å². The summed E-state index contributed by atoms with van der Waals surface area (Å²) in [6.07, 6.45) is 0. The van der Waals surface area contributed by atoms with Crippen LogP contribution in [0.1, 0.15) is 12.5 Å². The molecule has 1 N–H and O–H groups in total. The Morgan fingerprint density at radius 3 is 2.50 bits per heavy atom. The fourth-order valence-corrected chi connectivity index (χ4v) is 3.06. The second-order valence-corrected chi connectivity index (χ2v) is 6.66. The molecule has 9 heteroatoms. The maximum absolute atomic E-state index is 12.8. The smallest absolute Gasteiger partial charge is 0.387 e. The number of hydrogen-bond acceptors (Lipinski definition) is 4. The Labute approximate surface area is 165 Å². The van der Waals surface area contributed by atoms with Crippen LogP contribution in [0.5, 0.6) is 11.5 Å². The number of amides is 3. The van der Waals surface area contributed by atoms with Crippen molar-refractivity contribution in [1.82, 2.24) is 10.2 Å². The normalized spacial score (nSPS) is 19.1. The van der Waals surface area contributed by atoms with Crippen LogP contribution < -0.4 is 14.8 Å². The minimum atomic E-state index is -2.94. The van der Waals surface area contributed by atoms with Gasteiger partial charge >= 0.3 is 12.6 Å². The summed E-state index contributed by atoms with van der Waals surface area (Å²) < 4.78 is 34.4. The molecule has 1 atom stereocenters. The lowest BCUT2D eigenvalue weighted by molar-refractivity contribution is -0.131. The highest BCUT2D eigenvalue weighted by atomic mass is 35.5.